The lowest BCUT2D eigenvalue weighted by Crippen LogP contribution is -2.18. The molecule has 2 N–H and O–H groups in total. The molecule has 1 heterocycles. The minimum atomic E-state index is -0.926. The topological polar surface area (TPSA) is 82.3 Å². The first-order valence-electron chi connectivity index (χ1n) is 11.5. The zero-order valence-corrected chi connectivity index (χ0v) is 19.7. The van der Waals surface area contributed by atoms with Crippen LogP contribution in [0.1, 0.15) is 34.0 Å². The molecule has 0 radical (unpaired) electrons. The third-order valence-corrected chi connectivity index (χ3v) is 5.79. The molecule has 0 fully saturated rings. The van der Waals surface area contributed by atoms with Gasteiger partial charge in [0.05, 0.1) is 11.3 Å². The molecule has 0 unspecified atom stereocenters. The molecule has 1 amide bonds. The standard InChI is InChI=1S/C29H23F3N2O3/c30-21-12-18(13-22(31)16-21)11-20(14-23(35)17-37-24-5-2-1-3-6-24)28-25(7-4-10-34-28)19-8-9-27(32)26(15-19)29(33)36/h1-10,12-13,15-16,20H,11,14,17H2,(H2,33,36)/t20-/m1/s1. The number of amides is 1. The normalized spacial score (nSPS) is 11.6. The molecule has 8 heteroatoms. The van der Waals surface area contributed by atoms with Crippen molar-refractivity contribution >= 4 is 11.7 Å². The zero-order chi connectivity index (χ0) is 26.4. The highest BCUT2D eigenvalue weighted by Crippen LogP contribution is 2.33. The van der Waals surface area contributed by atoms with Gasteiger partial charge in [0.15, 0.2) is 5.78 Å². The van der Waals surface area contributed by atoms with E-state index in [1.54, 1.807) is 36.4 Å². The second kappa shape index (κ2) is 11.5. The quantitative estimate of drug-likeness (QED) is 0.304. The number of benzene rings is 3. The highest BCUT2D eigenvalue weighted by Gasteiger charge is 2.23. The van der Waals surface area contributed by atoms with Crippen LogP contribution < -0.4 is 10.5 Å². The summed E-state index contributed by atoms with van der Waals surface area (Å²) in [5.41, 5.74) is 6.80. The molecule has 0 spiro atoms. The number of hydrogen-bond acceptors (Lipinski definition) is 4. The summed E-state index contributed by atoms with van der Waals surface area (Å²) in [6.45, 7) is -0.206. The van der Waals surface area contributed by atoms with Gasteiger partial charge in [-0.25, -0.2) is 13.2 Å². The number of ether oxygens (including phenoxy) is 1. The van der Waals surface area contributed by atoms with E-state index in [2.05, 4.69) is 4.98 Å². The molecule has 37 heavy (non-hydrogen) atoms. The Bertz CT molecular complexity index is 1410. The Balaban J connectivity index is 1.69. The summed E-state index contributed by atoms with van der Waals surface area (Å²) in [7, 11) is 0. The predicted molar refractivity (Wildman–Crippen MR) is 133 cm³/mol. The Kier molecular flexibility index (Phi) is 7.98. The maximum Gasteiger partial charge on any atom is 0.251 e. The summed E-state index contributed by atoms with van der Waals surface area (Å²) in [6, 6.07) is 19.3. The van der Waals surface area contributed by atoms with Crippen molar-refractivity contribution in [1.82, 2.24) is 4.98 Å². The lowest BCUT2D eigenvalue weighted by Gasteiger charge is -2.20. The van der Waals surface area contributed by atoms with E-state index in [0.717, 1.165) is 12.1 Å². The first-order valence-corrected chi connectivity index (χ1v) is 11.5. The fourth-order valence-electron chi connectivity index (χ4n) is 4.16. The number of nitrogens with two attached hydrogens (primary N) is 1. The number of rotatable bonds is 10. The maximum absolute atomic E-state index is 14.1. The van der Waals surface area contributed by atoms with E-state index in [0.29, 0.717) is 28.1 Å². The summed E-state index contributed by atoms with van der Waals surface area (Å²) in [6.07, 6.45) is 1.58. The second-order valence-electron chi connectivity index (χ2n) is 8.52. The number of pyridine rings is 1. The van der Waals surface area contributed by atoms with Crippen LogP contribution in [0.3, 0.4) is 0 Å². The van der Waals surface area contributed by atoms with E-state index in [-0.39, 0.29) is 30.8 Å². The van der Waals surface area contributed by atoms with Crippen LogP contribution in [0, 0.1) is 17.5 Å². The van der Waals surface area contributed by atoms with Gasteiger partial charge >= 0.3 is 0 Å². The molecule has 3 aromatic carbocycles. The van der Waals surface area contributed by atoms with Crippen molar-refractivity contribution in [2.75, 3.05) is 6.61 Å². The number of nitrogens with zero attached hydrogens (tertiary/aromatic N) is 1. The summed E-state index contributed by atoms with van der Waals surface area (Å²) in [4.78, 5) is 29.1. The Morgan fingerprint density at radius 2 is 1.62 bits per heavy atom. The lowest BCUT2D eigenvalue weighted by molar-refractivity contribution is -0.121. The predicted octanol–water partition coefficient (Wildman–Crippen LogP) is 5.63. The van der Waals surface area contributed by atoms with E-state index in [1.165, 1.54) is 30.5 Å². The van der Waals surface area contributed by atoms with Crippen LogP contribution in [0.15, 0.2) is 85.1 Å². The van der Waals surface area contributed by atoms with Crippen molar-refractivity contribution in [2.24, 2.45) is 5.73 Å². The lowest BCUT2D eigenvalue weighted by atomic mass is 9.86. The van der Waals surface area contributed by atoms with Crippen LogP contribution in [0.5, 0.6) is 5.75 Å². The molecule has 0 saturated carbocycles. The Morgan fingerprint density at radius 3 is 2.32 bits per heavy atom. The molecule has 1 aromatic heterocycles. The van der Waals surface area contributed by atoms with Gasteiger partial charge in [0.1, 0.15) is 29.8 Å². The molecular formula is C29H23F3N2O3. The first kappa shape index (κ1) is 25.6. The molecule has 0 saturated heterocycles. The number of halogens is 3. The van der Waals surface area contributed by atoms with Gasteiger partial charge in [-0.15, -0.1) is 0 Å². The van der Waals surface area contributed by atoms with Gasteiger partial charge in [0.2, 0.25) is 0 Å². The molecule has 0 aliphatic rings. The molecule has 5 nitrogen and oxygen atoms in total. The van der Waals surface area contributed by atoms with Crippen molar-refractivity contribution < 1.29 is 27.5 Å². The monoisotopic (exact) mass is 504 g/mol. The van der Waals surface area contributed by atoms with Crippen molar-refractivity contribution in [3.05, 3.63) is 119 Å². The Morgan fingerprint density at radius 1 is 0.892 bits per heavy atom. The third-order valence-electron chi connectivity index (χ3n) is 5.79. The van der Waals surface area contributed by atoms with E-state index >= 15 is 0 Å². The molecule has 4 rings (SSSR count). The third kappa shape index (κ3) is 6.61. The van der Waals surface area contributed by atoms with Crippen molar-refractivity contribution in [2.45, 2.75) is 18.8 Å². The van der Waals surface area contributed by atoms with Crippen molar-refractivity contribution in [3.8, 4) is 16.9 Å². The smallest absolute Gasteiger partial charge is 0.251 e. The van der Waals surface area contributed by atoms with Gasteiger partial charge in [-0.1, -0.05) is 30.3 Å². The van der Waals surface area contributed by atoms with Gasteiger partial charge in [-0.05, 0) is 60.0 Å². The van der Waals surface area contributed by atoms with Gasteiger partial charge in [0, 0.05) is 30.2 Å². The fourth-order valence-corrected chi connectivity index (χ4v) is 4.16. The number of primary amides is 1. The van der Waals surface area contributed by atoms with Crippen LogP contribution in [0.4, 0.5) is 13.2 Å². The molecule has 0 aliphatic carbocycles. The van der Waals surface area contributed by atoms with Crippen LogP contribution in [0.2, 0.25) is 0 Å². The first-order chi connectivity index (χ1) is 17.8. The van der Waals surface area contributed by atoms with E-state index in [1.807, 2.05) is 6.07 Å². The van der Waals surface area contributed by atoms with Gasteiger partial charge in [-0.3, -0.25) is 14.6 Å². The Labute approximate surface area is 211 Å². The minimum absolute atomic E-state index is 0.0428. The highest BCUT2D eigenvalue weighted by molar-refractivity contribution is 5.94. The van der Waals surface area contributed by atoms with E-state index in [9.17, 15) is 22.8 Å². The van der Waals surface area contributed by atoms with Crippen LogP contribution >= 0.6 is 0 Å². The molecule has 0 aliphatic heterocycles. The number of Topliss-reactive ketones (excluding diaryl/α,β-unsaturated/α-hetero) is 1. The summed E-state index contributed by atoms with van der Waals surface area (Å²) in [5.74, 6) is -3.49. The van der Waals surface area contributed by atoms with Crippen LogP contribution in [0.25, 0.3) is 11.1 Å². The zero-order valence-electron chi connectivity index (χ0n) is 19.7. The number of aromatic nitrogens is 1. The number of hydrogen-bond donors (Lipinski definition) is 1. The molecule has 4 aromatic rings. The van der Waals surface area contributed by atoms with E-state index < -0.39 is 29.3 Å². The van der Waals surface area contributed by atoms with Gasteiger partial charge in [0.25, 0.3) is 5.91 Å². The maximum atomic E-state index is 14.1. The number of carbonyl (C=O) groups is 2. The van der Waals surface area contributed by atoms with Gasteiger partial charge in [-0.2, -0.15) is 0 Å². The largest absolute Gasteiger partial charge is 0.486 e. The average molecular weight is 505 g/mol. The SMILES string of the molecule is NC(=O)c1cc(-c2cccnc2[C@@H](CC(=O)COc2ccccc2)Cc2cc(F)cc(F)c2)ccc1F. The summed E-state index contributed by atoms with van der Waals surface area (Å²) in [5, 5.41) is 0. The summed E-state index contributed by atoms with van der Waals surface area (Å²) >= 11 is 0. The molecule has 188 valence electrons. The van der Waals surface area contributed by atoms with Crippen molar-refractivity contribution in [3.63, 3.8) is 0 Å². The molecule has 1 atom stereocenters. The van der Waals surface area contributed by atoms with E-state index in [4.69, 9.17) is 10.5 Å². The number of para-hydroxylation sites is 1. The summed E-state index contributed by atoms with van der Waals surface area (Å²) < 4.78 is 47.6. The second-order valence-corrected chi connectivity index (χ2v) is 8.52. The minimum Gasteiger partial charge on any atom is -0.486 e. The molecular weight excluding hydrogens is 481 g/mol. The van der Waals surface area contributed by atoms with Gasteiger partial charge < -0.3 is 10.5 Å². The number of ketones is 1. The number of carbonyl (C=O) groups excluding carboxylic acids is 2. The highest BCUT2D eigenvalue weighted by atomic mass is 19.1. The average Bonchev–Trinajstić information content (AvgIpc) is 2.87. The fraction of sp³-hybridized carbons (Fsp3) is 0.138. The van der Waals surface area contributed by atoms with Crippen LogP contribution in [-0.2, 0) is 11.2 Å². The molecule has 0 bridgehead atoms. The Hall–Kier alpha value is -4.46. The van der Waals surface area contributed by atoms with Crippen LogP contribution in [-0.4, -0.2) is 23.3 Å². The van der Waals surface area contributed by atoms with Crippen molar-refractivity contribution in [1.29, 1.82) is 0 Å².